The quantitative estimate of drug-likeness (QED) is 0.717. The Morgan fingerprint density at radius 2 is 2.46 bits per heavy atom. The molecule has 1 aromatic heterocycles. The van der Waals surface area contributed by atoms with Gasteiger partial charge in [-0.1, -0.05) is 0 Å². The lowest BCUT2D eigenvalue weighted by Crippen LogP contribution is -2.19. The summed E-state index contributed by atoms with van der Waals surface area (Å²) >= 11 is 0. The Hall–Kier alpha value is -1.65. The molecule has 1 atom stereocenters. The monoisotopic (exact) mass is 181 g/mol. The van der Waals surface area contributed by atoms with E-state index in [2.05, 4.69) is 15.3 Å². The summed E-state index contributed by atoms with van der Waals surface area (Å²) in [5.41, 5.74) is 0. The summed E-state index contributed by atoms with van der Waals surface area (Å²) in [4.78, 5) is 18.1. The smallest absolute Gasteiger partial charge is 0.305 e. The molecule has 0 spiro atoms. The lowest BCUT2D eigenvalue weighted by atomic mass is 10.2. The van der Waals surface area contributed by atoms with E-state index in [0.717, 1.165) is 0 Å². The Labute approximate surface area is 75.8 Å². The fourth-order valence-corrected chi connectivity index (χ4v) is 0.939. The first-order valence-electron chi connectivity index (χ1n) is 3.93. The van der Waals surface area contributed by atoms with Crippen molar-refractivity contribution in [1.29, 1.82) is 0 Å². The van der Waals surface area contributed by atoms with E-state index in [1.165, 1.54) is 0 Å². The van der Waals surface area contributed by atoms with Crippen LogP contribution in [0.5, 0.6) is 0 Å². The van der Waals surface area contributed by atoms with E-state index in [4.69, 9.17) is 5.11 Å². The average Bonchev–Trinajstić information content (AvgIpc) is 2.04. The molecule has 0 bridgehead atoms. The molecule has 70 valence electrons. The molecule has 0 saturated heterocycles. The maximum atomic E-state index is 10.3. The summed E-state index contributed by atoms with van der Waals surface area (Å²) in [7, 11) is 0. The van der Waals surface area contributed by atoms with Crippen LogP contribution in [-0.2, 0) is 4.79 Å². The normalized spacial score (nSPS) is 12.1. The fourth-order valence-electron chi connectivity index (χ4n) is 0.939. The molecule has 1 aromatic rings. The molecule has 13 heavy (non-hydrogen) atoms. The summed E-state index contributed by atoms with van der Waals surface area (Å²) in [5.74, 6) is -0.236. The van der Waals surface area contributed by atoms with E-state index < -0.39 is 5.97 Å². The van der Waals surface area contributed by atoms with Gasteiger partial charge in [0.1, 0.15) is 5.82 Å². The van der Waals surface area contributed by atoms with Crippen LogP contribution in [0.2, 0.25) is 0 Å². The first-order chi connectivity index (χ1) is 6.18. The zero-order valence-corrected chi connectivity index (χ0v) is 7.27. The Morgan fingerprint density at radius 1 is 1.69 bits per heavy atom. The van der Waals surface area contributed by atoms with Gasteiger partial charge in [-0.2, -0.15) is 0 Å². The van der Waals surface area contributed by atoms with Gasteiger partial charge in [0.05, 0.1) is 12.6 Å². The molecule has 2 N–H and O–H groups in total. The van der Waals surface area contributed by atoms with Crippen molar-refractivity contribution in [3.05, 3.63) is 18.6 Å². The third-order valence-corrected chi connectivity index (χ3v) is 1.44. The molecule has 0 aliphatic heterocycles. The van der Waals surface area contributed by atoms with Crippen molar-refractivity contribution in [2.45, 2.75) is 19.4 Å². The molecule has 0 saturated carbocycles. The topological polar surface area (TPSA) is 75.1 Å². The zero-order chi connectivity index (χ0) is 9.68. The predicted octanol–water partition coefficient (Wildman–Crippen LogP) is 0.752. The van der Waals surface area contributed by atoms with Gasteiger partial charge in [0, 0.05) is 18.4 Å². The van der Waals surface area contributed by atoms with Crippen LogP contribution in [0.15, 0.2) is 18.6 Å². The summed E-state index contributed by atoms with van der Waals surface area (Å²) in [5, 5.41) is 11.4. The van der Waals surface area contributed by atoms with E-state index in [1.54, 1.807) is 25.5 Å². The standard InChI is InChI=1S/C8H11N3O2/c1-6(4-8(12)13)11-7-5-9-2-3-10-7/h2-3,5-6H,4H2,1H3,(H,10,11)(H,12,13). The van der Waals surface area contributed by atoms with Gasteiger partial charge in [-0.05, 0) is 6.92 Å². The minimum Gasteiger partial charge on any atom is -0.481 e. The lowest BCUT2D eigenvalue weighted by Gasteiger charge is -2.10. The highest BCUT2D eigenvalue weighted by molar-refractivity contribution is 5.68. The molecule has 1 heterocycles. The van der Waals surface area contributed by atoms with E-state index >= 15 is 0 Å². The second-order valence-corrected chi connectivity index (χ2v) is 2.73. The molecular formula is C8H11N3O2. The molecule has 1 unspecified atom stereocenters. The van der Waals surface area contributed by atoms with Crippen LogP contribution < -0.4 is 5.32 Å². The Balaban J connectivity index is 2.45. The van der Waals surface area contributed by atoms with Gasteiger partial charge in [0.15, 0.2) is 0 Å². The van der Waals surface area contributed by atoms with Gasteiger partial charge in [-0.3, -0.25) is 9.78 Å². The van der Waals surface area contributed by atoms with Crippen LogP contribution in [0.25, 0.3) is 0 Å². The van der Waals surface area contributed by atoms with Gasteiger partial charge in [0.2, 0.25) is 0 Å². The molecule has 0 fully saturated rings. The number of nitrogens with one attached hydrogen (secondary N) is 1. The predicted molar refractivity (Wildman–Crippen MR) is 47.4 cm³/mol. The molecular weight excluding hydrogens is 170 g/mol. The number of anilines is 1. The number of carbonyl (C=O) groups is 1. The summed E-state index contributed by atoms with van der Waals surface area (Å²) < 4.78 is 0. The summed E-state index contributed by atoms with van der Waals surface area (Å²) in [6, 6.07) is -0.144. The minimum absolute atomic E-state index is 0.0660. The van der Waals surface area contributed by atoms with E-state index in [0.29, 0.717) is 5.82 Å². The van der Waals surface area contributed by atoms with Crippen molar-refractivity contribution in [1.82, 2.24) is 9.97 Å². The first kappa shape index (κ1) is 9.44. The summed E-state index contributed by atoms with van der Waals surface area (Å²) in [6.07, 6.45) is 4.73. The molecule has 5 heteroatoms. The number of nitrogens with zero attached hydrogens (tertiary/aromatic N) is 2. The molecule has 1 rings (SSSR count). The van der Waals surface area contributed by atoms with Crippen LogP contribution in [0.4, 0.5) is 5.82 Å². The van der Waals surface area contributed by atoms with Crippen molar-refractivity contribution in [3.63, 3.8) is 0 Å². The first-order valence-corrected chi connectivity index (χ1v) is 3.93. The highest BCUT2D eigenvalue weighted by atomic mass is 16.4. The average molecular weight is 181 g/mol. The second-order valence-electron chi connectivity index (χ2n) is 2.73. The number of carboxylic acids is 1. The van der Waals surface area contributed by atoms with Crippen molar-refractivity contribution in [2.24, 2.45) is 0 Å². The fraction of sp³-hybridized carbons (Fsp3) is 0.375. The van der Waals surface area contributed by atoms with Gasteiger partial charge in [-0.15, -0.1) is 0 Å². The lowest BCUT2D eigenvalue weighted by molar-refractivity contribution is -0.137. The molecule has 0 radical (unpaired) electrons. The number of rotatable bonds is 4. The number of hydrogen-bond acceptors (Lipinski definition) is 4. The van der Waals surface area contributed by atoms with Crippen LogP contribution in [0, 0.1) is 0 Å². The highest BCUT2D eigenvalue weighted by Crippen LogP contribution is 2.02. The van der Waals surface area contributed by atoms with Crippen molar-refractivity contribution in [2.75, 3.05) is 5.32 Å². The van der Waals surface area contributed by atoms with Crippen LogP contribution in [-0.4, -0.2) is 27.1 Å². The Bertz CT molecular complexity index is 276. The Morgan fingerprint density at radius 3 is 3.00 bits per heavy atom. The summed E-state index contributed by atoms with van der Waals surface area (Å²) in [6.45, 7) is 1.78. The number of hydrogen-bond donors (Lipinski definition) is 2. The third kappa shape index (κ3) is 3.50. The molecule has 0 amide bonds. The van der Waals surface area contributed by atoms with Crippen LogP contribution in [0.3, 0.4) is 0 Å². The van der Waals surface area contributed by atoms with Crippen molar-refractivity contribution in [3.8, 4) is 0 Å². The van der Waals surface area contributed by atoms with E-state index in [9.17, 15) is 4.79 Å². The van der Waals surface area contributed by atoms with E-state index in [1.807, 2.05) is 0 Å². The minimum atomic E-state index is -0.830. The van der Waals surface area contributed by atoms with Gasteiger partial charge in [0.25, 0.3) is 0 Å². The molecule has 0 aliphatic rings. The number of aromatic nitrogens is 2. The molecule has 5 nitrogen and oxygen atoms in total. The van der Waals surface area contributed by atoms with Crippen LogP contribution in [0.1, 0.15) is 13.3 Å². The van der Waals surface area contributed by atoms with Crippen molar-refractivity contribution >= 4 is 11.8 Å². The second kappa shape index (κ2) is 4.39. The van der Waals surface area contributed by atoms with Gasteiger partial charge in [-0.25, -0.2) is 4.98 Å². The zero-order valence-electron chi connectivity index (χ0n) is 7.27. The largest absolute Gasteiger partial charge is 0.481 e. The maximum Gasteiger partial charge on any atom is 0.305 e. The highest BCUT2D eigenvalue weighted by Gasteiger charge is 2.06. The van der Waals surface area contributed by atoms with Crippen LogP contribution >= 0.6 is 0 Å². The molecule has 0 aliphatic carbocycles. The van der Waals surface area contributed by atoms with Gasteiger partial charge < -0.3 is 10.4 Å². The SMILES string of the molecule is CC(CC(=O)O)Nc1cnccn1. The van der Waals surface area contributed by atoms with Crippen molar-refractivity contribution < 1.29 is 9.90 Å². The Kier molecular flexibility index (Phi) is 3.19. The number of aliphatic carboxylic acids is 1. The molecule has 0 aromatic carbocycles. The number of carboxylic acid groups (broad SMARTS) is 1. The van der Waals surface area contributed by atoms with E-state index in [-0.39, 0.29) is 12.5 Å². The third-order valence-electron chi connectivity index (χ3n) is 1.44. The maximum absolute atomic E-state index is 10.3. The van der Waals surface area contributed by atoms with Gasteiger partial charge >= 0.3 is 5.97 Å².